The first-order valence-corrected chi connectivity index (χ1v) is 4.93. The van der Waals surface area contributed by atoms with Crippen LogP contribution in [0.3, 0.4) is 0 Å². The van der Waals surface area contributed by atoms with Gasteiger partial charge in [-0.3, -0.25) is 10.1 Å². The molecular formula is C8H14ClNO2. The summed E-state index contributed by atoms with van der Waals surface area (Å²) in [7, 11) is 0. The monoisotopic (exact) mass is 191 g/mol. The van der Waals surface area contributed by atoms with E-state index in [2.05, 4.69) is 0 Å². The van der Waals surface area contributed by atoms with Crippen molar-refractivity contribution >= 4 is 11.6 Å². The fourth-order valence-corrected chi connectivity index (χ4v) is 2.03. The second-order valence-corrected chi connectivity index (χ2v) is 3.92. The number of rotatable bonds is 1. The normalized spacial score (nSPS) is 32.1. The lowest BCUT2D eigenvalue weighted by atomic mass is 9.97. The third-order valence-electron chi connectivity index (χ3n) is 2.42. The van der Waals surface area contributed by atoms with Crippen LogP contribution in [0, 0.1) is 10.1 Å². The molecule has 2 unspecified atom stereocenters. The molecule has 0 aromatic heterocycles. The Balaban J connectivity index is 2.48. The van der Waals surface area contributed by atoms with Crippen LogP contribution in [0.15, 0.2) is 0 Å². The summed E-state index contributed by atoms with van der Waals surface area (Å²) < 4.78 is 0. The van der Waals surface area contributed by atoms with Crippen LogP contribution in [-0.2, 0) is 0 Å². The zero-order valence-electron chi connectivity index (χ0n) is 7.04. The number of hydrogen-bond acceptors (Lipinski definition) is 2. The van der Waals surface area contributed by atoms with Crippen LogP contribution in [0.1, 0.15) is 38.5 Å². The van der Waals surface area contributed by atoms with Gasteiger partial charge in [-0.2, -0.15) is 0 Å². The van der Waals surface area contributed by atoms with E-state index in [4.69, 9.17) is 11.6 Å². The maximum absolute atomic E-state index is 10.6. The zero-order valence-corrected chi connectivity index (χ0v) is 7.79. The van der Waals surface area contributed by atoms with E-state index in [1.807, 2.05) is 0 Å². The summed E-state index contributed by atoms with van der Waals surface area (Å²) in [5.74, 6) is 0. The van der Waals surface area contributed by atoms with Gasteiger partial charge in [0.05, 0.1) is 0 Å². The van der Waals surface area contributed by atoms with E-state index in [0.29, 0.717) is 6.42 Å². The summed E-state index contributed by atoms with van der Waals surface area (Å²) in [5.41, 5.74) is 0. The molecule has 1 rings (SSSR count). The first-order valence-electron chi connectivity index (χ1n) is 4.49. The van der Waals surface area contributed by atoms with Crippen molar-refractivity contribution in [2.75, 3.05) is 0 Å². The Morgan fingerprint density at radius 3 is 2.33 bits per heavy atom. The summed E-state index contributed by atoms with van der Waals surface area (Å²) >= 11 is 5.91. The van der Waals surface area contributed by atoms with Crippen molar-refractivity contribution in [3.05, 3.63) is 10.1 Å². The predicted octanol–water partition coefficient (Wildman–Crippen LogP) is 2.59. The number of nitro groups is 1. The Kier molecular flexibility index (Phi) is 3.79. The van der Waals surface area contributed by atoms with Gasteiger partial charge in [-0.15, -0.1) is 11.6 Å². The highest BCUT2D eigenvalue weighted by atomic mass is 35.5. The van der Waals surface area contributed by atoms with Gasteiger partial charge in [-0.05, 0) is 12.8 Å². The molecule has 0 aromatic carbocycles. The van der Waals surface area contributed by atoms with Gasteiger partial charge in [0.1, 0.15) is 5.38 Å². The molecule has 0 aromatic rings. The van der Waals surface area contributed by atoms with Gasteiger partial charge >= 0.3 is 0 Å². The second-order valence-electron chi connectivity index (χ2n) is 3.36. The number of alkyl halides is 1. The zero-order chi connectivity index (χ0) is 8.97. The lowest BCUT2D eigenvalue weighted by molar-refractivity contribution is -0.523. The fourth-order valence-electron chi connectivity index (χ4n) is 1.66. The summed E-state index contributed by atoms with van der Waals surface area (Å²) in [4.78, 5) is 10.3. The molecule has 12 heavy (non-hydrogen) atoms. The van der Waals surface area contributed by atoms with Crippen molar-refractivity contribution in [3.63, 3.8) is 0 Å². The molecule has 0 saturated heterocycles. The molecule has 70 valence electrons. The third kappa shape index (κ3) is 2.63. The molecule has 0 aliphatic heterocycles. The van der Waals surface area contributed by atoms with Gasteiger partial charge in [0.2, 0.25) is 6.04 Å². The summed E-state index contributed by atoms with van der Waals surface area (Å²) in [6.07, 6.45) is 5.74. The van der Waals surface area contributed by atoms with Crippen molar-refractivity contribution in [1.82, 2.24) is 0 Å². The third-order valence-corrected chi connectivity index (χ3v) is 2.93. The summed E-state index contributed by atoms with van der Waals surface area (Å²) in [6, 6.07) is -0.507. The molecule has 1 fully saturated rings. The number of nitrogens with zero attached hydrogens (tertiary/aromatic N) is 1. The van der Waals surface area contributed by atoms with Crippen LogP contribution in [-0.4, -0.2) is 16.3 Å². The molecule has 0 amide bonds. The second kappa shape index (κ2) is 4.65. The van der Waals surface area contributed by atoms with Crippen LogP contribution in [0.5, 0.6) is 0 Å². The van der Waals surface area contributed by atoms with Crippen LogP contribution in [0.25, 0.3) is 0 Å². The minimum atomic E-state index is -0.507. The molecule has 0 spiro atoms. The molecule has 2 atom stereocenters. The Morgan fingerprint density at radius 1 is 1.17 bits per heavy atom. The minimum Gasteiger partial charge on any atom is -0.264 e. The van der Waals surface area contributed by atoms with E-state index < -0.39 is 6.04 Å². The van der Waals surface area contributed by atoms with Gasteiger partial charge in [-0.25, -0.2) is 0 Å². The highest BCUT2D eigenvalue weighted by molar-refractivity contribution is 6.21. The van der Waals surface area contributed by atoms with E-state index in [0.717, 1.165) is 25.7 Å². The SMILES string of the molecule is O=[N+]([O-])C1CCCCCCC1Cl. The molecule has 1 aliphatic rings. The van der Waals surface area contributed by atoms with Crippen molar-refractivity contribution in [1.29, 1.82) is 0 Å². The first-order chi connectivity index (χ1) is 5.72. The van der Waals surface area contributed by atoms with E-state index >= 15 is 0 Å². The van der Waals surface area contributed by atoms with Crippen molar-refractivity contribution in [2.24, 2.45) is 0 Å². The number of halogens is 1. The fraction of sp³-hybridized carbons (Fsp3) is 1.00. The Hall–Kier alpha value is -0.310. The van der Waals surface area contributed by atoms with Crippen LogP contribution >= 0.6 is 11.6 Å². The van der Waals surface area contributed by atoms with E-state index in [1.165, 1.54) is 6.42 Å². The Bertz CT molecular complexity index is 163. The maximum Gasteiger partial charge on any atom is 0.229 e. The Labute approximate surface area is 77.2 Å². The maximum atomic E-state index is 10.6. The molecule has 0 N–H and O–H groups in total. The van der Waals surface area contributed by atoms with Crippen molar-refractivity contribution in [3.8, 4) is 0 Å². The summed E-state index contributed by atoms with van der Waals surface area (Å²) in [6.45, 7) is 0. The molecule has 0 bridgehead atoms. The molecule has 3 nitrogen and oxygen atoms in total. The van der Waals surface area contributed by atoms with Gasteiger partial charge in [0, 0.05) is 11.3 Å². The average Bonchev–Trinajstić information content (AvgIpc) is 1.96. The predicted molar refractivity (Wildman–Crippen MR) is 48.1 cm³/mol. The lowest BCUT2D eigenvalue weighted by Crippen LogP contribution is -2.30. The smallest absolute Gasteiger partial charge is 0.229 e. The van der Waals surface area contributed by atoms with E-state index in [-0.39, 0.29) is 10.3 Å². The van der Waals surface area contributed by atoms with Crippen molar-refractivity contribution < 1.29 is 4.92 Å². The quantitative estimate of drug-likeness (QED) is 0.363. The molecule has 4 heteroatoms. The molecule has 1 saturated carbocycles. The van der Waals surface area contributed by atoms with Crippen LogP contribution in [0.2, 0.25) is 0 Å². The average molecular weight is 192 g/mol. The molecule has 0 radical (unpaired) electrons. The highest BCUT2D eigenvalue weighted by Crippen LogP contribution is 2.23. The largest absolute Gasteiger partial charge is 0.264 e. The highest BCUT2D eigenvalue weighted by Gasteiger charge is 2.29. The molecule has 1 aliphatic carbocycles. The van der Waals surface area contributed by atoms with E-state index in [1.54, 1.807) is 0 Å². The lowest BCUT2D eigenvalue weighted by Gasteiger charge is -2.17. The van der Waals surface area contributed by atoms with Gasteiger partial charge in [0.25, 0.3) is 0 Å². The van der Waals surface area contributed by atoms with Crippen molar-refractivity contribution in [2.45, 2.75) is 49.9 Å². The summed E-state index contributed by atoms with van der Waals surface area (Å²) in [5, 5.41) is 10.3. The standard InChI is InChI=1S/C8H14ClNO2/c9-7-5-3-1-2-4-6-8(7)10(11)12/h7-8H,1-6H2. The van der Waals surface area contributed by atoms with E-state index in [9.17, 15) is 10.1 Å². The van der Waals surface area contributed by atoms with Crippen LogP contribution < -0.4 is 0 Å². The molecule has 0 heterocycles. The van der Waals surface area contributed by atoms with Crippen LogP contribution in [0.4, 0.5) is 0 Å². The Morgan fingerprint density at radius 2 is 1.75 bits per heavy atom. The van der Waals surface area contributed by atoms with Gasteiger partial charge in [0.15, 0.2) is 0 Å². The number of hydrogen-bond donors (Lipinski definition) is 0. The topological polar surface area (TPSA) is 43.1 Å². The first kappa shape index (κ1) is 9.78. The molecular weight excluding hydrogens is 178 g/mol. The van der Waals surface area contributed by atoms with Gasteiger partial charge < -0.3 is 0 Å². The minimum absolute atomic E-state index is 0.219. The van der Waals surface area contributed by atoms with Gasteiger partial charge in [-0.1, -0.05) is 19.3 Å².